The van der Waals surface area contributed by atoms with Gasteiger partial charge in [0.25, 0.3) is 5.95 Å². The van der Waals surface area contributed by atoms with Crippen LogP contribution >= 0.6 is 11.6 Å². The Kier molecular flexibility index (Phi) is 5.34. The standard InChI is InChI=1S/C21H20ClFN2O4/c1-13-14-11-20(29-21(26)27)28-19(14)6-5-18(13)25-9-7-24(8-10-25)12-15-16(22)3-2-4-17(15)23/h2-6,11H,7-10,12H2,1H3,(H,26,27). The molecule has 0 unspecified atom stereocenters. The maximum absolute atomic E-state index is 14.1. The predicted octanol–water partition coefficient (Wildman–Crippen LogP) is 4.91. The van der Waals surface area contributed by atoms with Gasteiger partial charge in [0.1, 0.15) is 11.4 Å². The normalized spacial score (nSPS) is 15.1. The smallest absolute Gasteiger partial charge is 0.449 e. The van der Waals surface area contributed by atoms with E-state index in [1.165, 1.54) is 6.07 Å². The summed E-state index contributed by atoms with van der Waals surface area (Å²) in [5.41, 5.74) is 3.17. The Morgan fingerprint density at radius 2 is 2.00 bits per heavy atom. The van der Waals surface area contributed by atoms with E-state index in [0.29, 0.717) is 22.7 Å². The summed E-state index contributed by atoms with van der Waals surface area (Å²) in [7, 11) is 0. The summed E-state index contributed by atoms with van der Waals surface area (Å²) < 4.78 is 24.1. The highest BCUT2D eigenvalue weighted by Crippen LogP contribution is 2.34. The van der Waals surface area contributed by atoms with Gasteiger partial charge in [0.05, 0.1) is 0 Å². The summed E-state index contributed by atoms with van der Waals surface area (Å²) in [4.78, 5) is 15.2. The number of hydrogen-bond acceptors (Lipinski definition) is 5. The van der Waals surface area contributed by atoms with E-state index in [1.54, 1.807) is 18.2 Å². The second-order valence-electron chi connectivity index (χ2n) is 7.02. The summed E-state index contributed by atoms with van der Waals surface area (Å²) in [6.45, 7) is 5.59. The number of piperazine rings is 1. The van der Waals surface area contributed by atoms with Gasteiger partial charge in [-0.3, -0.25) is 4.90 Å². The van der Waals surface area contributed by atoms with E-state index in [-0.39, 0.29) is 11.8 Å². The summed E-state index contributed by atoms with van der Waals surface area (Å²) in [5, 5.41) is 10.0. The van der Waals surface area contributed by atoms with E-state index >= 15 is 0 Å². The number of anilines is 1. The summed E-state index contributed by atoms with van der Waals surface area (Å²) in [6, 6.07) is 10.1. The molecule has 1 aromatic heterocycles. The van der Waals surface area contributed by atoms with Crippen molar-refractivity contribution < 1.29 is 23.4 Å². The van der Waals surface area contributed by atoms with Crippen molar-refractivity contribution in [1.29, 1.82) is 0 Å². The molecule has 0 atom stereocenters. The molecule has 0 aliphatic carbocycles. The molecule has 2 aromatic carbocycles. The van der Waals surface area contributed by atoms with Gasteiger partial charge < -0.3 is 19.2 Å². The van der Waals surface area contributed by atoms with Crippen LogP contribution in [0, 0.1) is 12.7 Å². The SMILES string of the molecule is Cc1c(N2CCN(Cc3c(F)cccc3Cl)CC2)ccc2oc(OC(=O)O)cc12. The third-order valence-electron chi connectivity index (χ3n) is 5.26. The Bertz CT molecular complexity index is 1040. The Morgan fingerprint density at radius 1 is 1.24 bits per heavy atom. The summed E-state index contributed by atoms with van der Waals surface area (Å²) in [6.07, 6.45) is -1.41. The van der Waals surface area contributed by atoms with Crippen LogP contribution in [0.25, 0.3) is 11.0 Å². The molecule has 1 saturated heterocycles. The minimum atomic E-state index is -1.41. The fraction of sp³-hybridized carbons (Fsp3) is 0.286. The average Bonchev–Trinajstić information content (AvgIpc) is 3.09. The third kappa shape index (κ3) is 4.02. The lowest BCUT2D eigenvalue weighted by molar-refractivity contribution is 0.134. The fourth-order valence-corrected chi connectivity index (χ4v) is 3.97. The van der Waals surface area contributed by atoms with Crippen molar-refractivity contribution >= 4 is 34.4 Å². The van der Waals surface area contributed by atoms with Gasteiger partial charge >= 0.3 is 6.16 Å². The van der Waals surface area contributed by atoms with Crippen molar-refractivity contribution in [3.63, 3.8) is 0 Å². The molecule has 3 aromatic rings. The molecule has 2 heterocycles. The predicted molar refractivity (Wildman–Crippen MR) is 109 cm³/mol. The molecule has 0 bridgehead atoms. The molecular weight excluding hydrogens is 399 g/mol. The van der Waals surface area contributed by atoms with Crippen LogP contribution in [0.15, 0.2) is 40.8 Å². The largest absolute Gasteiger partial charge is 0.513 e. The van der Waals surface area contributed by atoms with Crippen LogP contribution in [0.3, 0.4) is 0 Å². The van der Waals surface area contributed by atoms with Gasteiger partial charge in [-0.05, 0) is 36.8 Å². The Morgan fingerprint density at radius 3 is 2.69 bits per heavy atom. The molecule has 0 radical (unpaired) electrons. The number of ether oxygens (including phenoxy) is 1. The summed E-state index contributed by atoms with van der Waals surface area (Å²) >= 11 is 6.15. The lowest BCUT2D eigenvalue weighted by atomic mass is 10.1. The van der Waals surface area contributed by atoms with Crippen molar-refractivity contribution in [1.82, 2.24) is 4.90 Å². The van der Waals surface area contributed by atoms with Crippen LogP contribution in [0.4, 0.5) is 14.9 Å². The Balaban J connectivity index is 1.47. The summed E-state index contributed by atoms with van der Waals surface area (Å²) in [5.74, 6) is -0.320. The number of carbonyl (C=O) groups is 1. The number of hydrogen-bond donors (Lipinski definition) is 1. The first-order chi connectivity index (χ1) is 13.9. The number of carboxylic acid groups (broad SMARTS) is 1. The van der Waals surface area contributed by atoms with Crippen molar-refractivity contribution in [2.75, 3.05) is 31.1 Å². The molecule has 29 heavy (non-hydrogen) atoms. The number of benzene rings is 2. The zero-order valence-electron chi connectivity index (χ0n) is 15.8. The number of nitrogens with zero attached hydrogens (tertiary/aromatic N) is 2. The molecule has 1 aliphatic rings. The molecule has 152 valence electrons. The Hall–Kier alpha value is -2.77. The first kappa shape index (κ1) is 19.5. The molecule has 4 rings (SSSR count). The zero-order chi connectivity index (χ0) is 20.5. The first-order valence-electron chi connectivity index (χ1n) is 9.26. The molecule has 8 heteroatoms. The number of furan rings is 1. The van der Waals surface area contributed by atoms with Crippen molar-refractivity contribution in [2.24, 2.45) is 0 Å². The van der Waals surface area contributed by atoms with Crippen molar-refractivity contribution in [3.05, 3.63) is 58.4 Å². The maximum Gasteiger partial charge on any atom is 0.513 e. The van der Waals surface area contributed by atoms with Crippen LogP contribution < -0.4 is 9.64 Å². The first-order valence-corrected chi connectivity index (χ1v) is 9.64. The second kappa shape index (κ2) is 7.93. The van der Waals surface area contributed by atoms with Gasteiger partial charge in [-0.25, -0.2) is 9.18 Å². The fourth-order valence-electron chi connectivity index (χ4n) is 3.75. The van der Waals surface area contributed by atoms with E-state index in [2.05, 4.69) is 14.5 Å². The van der Waals surface area contributed by atoms with Gasteiger partial charge in [0.2, 0.25) is 0 Å². The van der Waals surface area contributed by atoms with E-state index < -0.39 is 6.16 Å². The number of rotatable bonds is 4. The van der Waals surface area contributed by atoms with E-state index in [9.17, 15) is 9.18 Å². The topological polar surface area (TPSA) is 66.2 Å². The minimum Gasteiger partial charge on any atom is -0.449 e. The Labute approximate surface area is 172 Å². The lowest BCUT2D eigenvalue weighted by Gasteiger charge is -2.37. The minimum absolute atomic E-state index is 0.0423. The van der Waals surface area contributed by atoms with Gasteiger partial charge in [-0.1, -0.05) is 17.7 Å². The highest BCUT2D eigenvalue weighted by atomic mass is 35.5. The van der Waals surface area contributed by atoms with Crippen LogP contribution in [-0.4, -0.2) is 42.3 Å². The molecule has 1 aliphatic heterocycles. The number of halogens is 2. The third-order valence-corrected chi connectivity index (χ3v) is 5.62. The van der Waals surface area contributed by atoms with E-state index in [0.717, 1.165) is 42.8 Å². The van der Waals surface area contributed by atoms with Crippen molar-refractivity contribution in [2.45, 2.75) is 13.5 Å². The van der Waals surface area contributed by atoms with Gasteiger partial charge in [0.15, 0.2) is 0 Å². The second-order valence-corrected chi connectivity index (χ2v) is 7.43. The lowest BCUT2D eigenvalue weighted by Crippen LogP contribution is -2.46. The van der Waals surface area contributed by atoms with Crippen LogP contribution in [0.5, 0.6) is 5.95 Å². The van der Waals surface area contributed by atoms with Crippen LogP contribution in [-0.2, 0) is 6.54 Å². The van der Waals surface area contributed by atoms with Crippen molar-refractivity contribution in [3.8, 4) is 5.95 Å². The number of fused-ring (bicyclic) bond motifs is 1. The zero-order valence-corrected chi connectivity index (χ0v) is 16.6. The quantitative estimate of drug-likeness (QED) is 0.607. The highest BCUT2D eigenvalue weighted by Gasteiger charge is 2.22. The molecule has 0 saturated carbocycles. The average molecular weight is 419 g/mol. The van der Waals surface area contributed by atoms with Crippen LogP contribution in [0.2, 0.25) is 5.02 Å². The van der Waals surface area contributed by atoms with Gasteiger partial charge in [-0.15, -0.1) is 0 Å². The van der Waals surface area contributed by atoms with Gasteiger partial charge in [-0.2, -0.15) is 0 Å². The highest BCUT2D eigenvalue weighted by molar-refractivity contribution is 6.31. The van der Waals surface area contributed by atoms with Gasteiger partial charge in [0, 0.05) is 60.4 Å². The molecule has 6 nitrogen and oxygen atoms in total. The monoisotopic (exact) mass is 418 g/mol. The van der Waals surface area contributed by atoms with Crippen LogP contribution in [0.1, 0.15) is 11.1 Å². The maximum atomic E-state index is 14.1. The molecule has 1 N–H and O–H groups in total. The molecule has 0 amide bonds. The van der Waals surface area contributed by atoms with E-state index in [1.807, 2.05) is 19.1 Å². The molecule has 1 fully saturated rings. The number of aryl methyl sites for hydroxylation is 1. The molecular formula is C21H20ClFN2O4. The van der Waals surface area contributed by atoms with E-state index in [4.69, 9.17) is 21.1 Å². The molecule has 0 spiro atoms.